The van der Waals surface area contributed by atoms with Gasteiger partial charge in [-0.15, -0.1) is 0 Å². The lowest BCUT2D eigenvalue weighted by Crippen LogP contribution is -2.29. The Bertz CT molecular complexity index is 1820. The van der Waals surface area contributed by atoms with Crippen molar-refractivity contribution in [3.05, 3.63) is 119 Å². The largest absolute Gasteiger partial charge is 0.454 e. The van der Waals surface area contributed by atoms with Gasteiger partial charge >= 0.3 is 5.97 Å². The van der Waals surface area contributed by atoms with Crippen molar-refractivity contribution in [3.8, 4) is 0 Å². The molecule has 1 aromatic heterocycles. The molecule has 184 valence electrons. The number of pyridine rings is 1. The van der Waals surface area contributed by atoms with E-state index in [9.17, 15) is 19.2 Å². The van der Waals surface area contributed by atoms with Crippen molar-refractivity contribution < 1.29 is 23.9 Å². The lowest BCUT2D eigenvalue weighted by atomic mass is 10.0. The number of esters is 1. The maximum Gasteiger partial charge on any atom is 0.338 e. The van der Waals surface area contributed by atoms with Gasteiger partial charge in [-0.25, -0.2) is 9.69 Å². The van der Waals surface area contributed by atoms with Crippen molar-refractivity contribution in [2.24, 2.45) is 0 Å². The molecule has 0 bridgehead atoms. The Morgan fingerprint density at radius 3 is 2.34 bits per heavy atom. The van der Waals surface area contributed by atoms with E-state index < -0.39 is 24.4 Å². The van der Waals surface area contributed by atoms with Crippen LogP contribution in [0.2, 0.25) is 0 Å². The summed E-state index contributed by atoms with van der Waals surface area (Å²) in [5.74, 6) is -2.06. The zero-order valence-electron chi connectivity index (χ0n) is 20.3. The van der Waals surface area contributed by atoms with Crippen LogP contribution in [0.5, 0.6) is 0 Å². The Kier molecular flexibility index (Phi) is 5.53. The van der Waals surface area contributed by atoms with E-state index in [4.69, 9.17) is 4.74 Å². The Morgan fingerprint density at radius 2 is 1.50 bits per heavy atom. The second-order valence-electron chi connectivity index (χ2n) is 9.02. The first-order valence-corrected chi connectivity index (χ1v) is 12.0. The molecule has 0 atom stereocenters. The number of aromatic nitrogens is 1. The molecule has 7 nitrogen and oxygen atoms in total. The molecule has 0 fully saturated rings. The fourth-order valence-electron chi connectivity index (χ4n) is 4.80. The minimum Gasteiger partial charge on any atom is -0.454 e. The van der Waals surface area contributed by atoms with Crippen LogP contribution in [0.4, 0.5) is 5.69 Å². The number of nitrogens with zero attached hydrogens (tertiary/aromatic N) is 2. The van der Waals surface area contributed by atoms with Crippen molar-refractivity contribution in [1.82, 2.24) is 4.98 Å². The van der Waals surface area contributed by atoms with Crippen LogP contribution >= 0.6 is 0 Å². The SMILES string of the molecule is Cc1nc2ccccc2c2c1C(=O)N(c1cccc(C(=O)OCC(=O)c3ccc4ccccc4c3)c1)C2=O. The van der Waals surface area contributed by atoms with Crippen molar-refractivity contribution in [2.75, 3.05) is 11.5 Å². The number of carbonyl (C=O) groups is 4. The number of anilines is 1. The number of benzene rings is 4. The van der Waals surface area contributed by atoms with E-state index in [2.05, 4.69) is 4.98 Å². The van der Waals surface area contributed by atoms with E-state index in [-0.39, 0.29) is 22.6 Å². The second kappa shape index (κ2) is 9.05. The zero-order chi connectivity index (χ0) is 26.4. The van der Waals surface area contributed by atoms with Crippen LogP contribution in [-0.4, -0.2) is 35.2 Å². The number of hydrogen-bond donors (Lipinski definition) is 0. The molecule has 1 aliphatic rings. The minimum absolute atomic E-state index is 0.116. The summed E-state index contributed by atoms with van der Waals surface area (Å²) >= 11 is 0. The van der Waals surface area contributed by atoms with Gasteiger partial charge in [0, 0.05) is 10.9 Å². The molecule has 2 amide bonds. The summed E-state index contributed by atoms with van der Waals surface area (Å²) in [4.78, 5) is 57.8. The van der Waals surface area contributed by atoms with E-state index in [1.54, 1.807) is 49.4 Å². The summed E-state index contributed by atoms with van der Waals surface area (Å²) < 4.78 is 5.28. The molecule has 5 aromatic rings. The molecule has 0 saturated carbocycles. The number of carbonyl (C=O) groups excluding carboxylic acids is 4. The van der Waals surface area contributed by atoms with Crippen molar-refractivity contribution >= 4 is 50.9 Å². The lowest BCUT2D eigenvalue weighted by molar-refractivity contribution is 0.0474. The quantitative estimate of drug-likeness (QED) is 0.179. The highest BCUT2D eigenvalue weighted by Crippen LogP contribution is 2.34. The number of ether oxygens (including phenoxy) is 1. The average molecular weight is 501 g/mol. The first-order valence-electron chi connectivity index (χ1n) is 12.0. The summed E-state index contributed by atoms with van der Waals surface area (Å²) in [6.45, 7) is 1.26. The van der Waals surface area contributed by atoms with E-state index in [0.29, 0.717) is 27.7 Å². The third-order valence-electron chi connectivity index (χ3n) is 6.65. The fraction of sp³-hybridized carbons (Fsp3) is 0.0645. The summed E-state index contributed by atoms with van der Waals surface area (Å²) in [6.07, 6.45) is 0. The van der Waals surface area contributed by atoms with Crippen LogP contribution < -0.4 is 4.90 Å². The van der Waals surface area contributed by atoms with Gasteiger partial charge < -0.3 is 4.74 Å². The third kappa shape index (κ3) is 3.81. The second-order valence-corrected chi connectivity index (χ2v) is 9.02. The average Bonchev–Trinajstić information content (AvgIpc) is 3.21. The number of fused-ring (bicyclic) bond motifs is 4. The van der Waals surface area contributed by atoms with Gasteiger partial charge in [-0.1, -0.05) is 60.7 Å². The number of amides is 2. The first-order chi connectivity index (χ1) is 18.4. The van der Waals surface area contributed by atoms with E-state index >= 15 is 0 Å². The van der Waals surface area contributed by atoms with Gasteiger partial charge in [-0.3, -0.25) is 19.4 Å². The predicted octanol–water partition coefficient (Wildman–Crippen LogP) is 5.54. The minimum atomic E-state index is -0.735. The predicted molar refractivity (Wildman–Crippen MR) is 143 cm³/mol. The van der Waals surface area contributed by atoms with Crippen molar-refractivity contribution in [1.29, 1.82) is 0 Å². The van der Waals surface area contributed by atoms with Gasteiger partial charge in [0.15, 0.2) is 12.4 Å². The molecule has 0 N–H and O–H groups in total. The highest BCUT2D eigenvalue weighted by Gasteiger charge is 2.40. The molecule has 2 heterocycles. The van der Waals surface area contributed by atoms with Crippen LogP contribution in [0.25, 0.3) is 21.7 Å². The maximum atomic E-state index is 13.4. The maximum absolute atomic E-state index is 13.4. The highest BCUT2D eigenvalue weighted by atomic mass is 16.5. The Morgan fingerprint density at radius 1 is 0.763 bits per heavy atom. The summed E-state index contributed by atoms with van der Waals surface area (Å²) in [6, 6.07) is 26.2. The Balaban J connectivity index is 1.23. The number of imide groups is 1. The van der Waals surface area contributed by atoms with Crippen LogP contribution in [-0.2, 0) is 4.74 Å². The molecule has 0 unspecified atom stereocenters. The topological polar surface area (TPSA) is 93.6 Å². The van der Waals surface area contributed by atoms with Crippen LogP contribution in [0.15, 0.2) is 91.0 Å². The normalized spacial score (nSPS) is 12.7. The monoisotopic (exact) mass is 500 g/mol. The molecule has 0 spiro atoms. The number of hydrogen-bond acceptors (Lipinski definition) is 6. The summed E-state index contributed by atoms with van der Waals surface area (Å²) in [5, 5.41) is 2.51. The molecule has 0 aliphatic carbocycles. The Hall–Kier alpha value is -5.17. The highest BCUT2D eigenvalue weighted by molar-refractivity contribution is 6.37. The van der Waals surface area contributed by atoms with Gasteiger partial charge in [-0.05, 0) is 48.0 Å². The standard InChI is InChI=1S/C31H20N2O5/c1-18-27-28(24-11-4-5-12-25(24)32-18)30(36)33(29(27)35)23-10-6-9-22(16-23)31(37)38-17-26(34)21-14-13-19-7-2-3-8-20(19)15-21/h2-16H,17H2,1H3. The molecule has 0 saturated heterocycles. The number of para-hydroxylation sites is 1. The molecular formula is C31H20N2O5. The molecule has 1 aliphatic heterocycles. The fourth-order valence-corrected chi connectivity index (χ4v) is 4.80. The zero-order valence-corrected chi connectivity index (χ0v) is 20.3. The number of Topliss-reactive ketones (excluding diaryl/α,β-unsaturated/α-hetero) is 1. The van der Waals surface area contributed by atoms with Crippen LogP contribution in [0.3, 0.4) is 0 Å². The van der Waals surface area contributed by atoms with Gasteiger partial charge in [0.1, 0.15) is 0 Å². The molecule has 0 radical (unpaired) electrons. The molecule has 6 rings (SSSR count). The third-order valence-corrected chi connectivity index (χ3v) is 6.65. The van der Waals surface area contributed by atoms with Gasteiger partial charge in [-0.2, -0.15) is 0 Å². The van der Waals surface area contributed by atoms with Crippen LogP contribution in [0.1, 0.15) is 47.1 Å². The van der Waals surface area contributed by atoms with E-state index in [1.807, 2.05) is 36.4 Å². The van der Waals surface area contributed by atoms with Crippen molar-refractivity contribution in [2.45, 2.75) is 6.92 Å². The van der Waals surface area contributed by atoms with Gasteiger partial charge in [0.25, 0.3) is 11.8 Å². The van der Waals surface area contributed by atoms with Crippen LogP contribution in [0, 0.1) is 6.92 Å². The lowest BCUT2D eigenvalue weighted by Gasteiger charge is -2.15. The van der Waals surface area contributed by atoms with Crippen molar-refractivity contribution in [3.63, 3.8) is 0 Å². The summed E-state index contributed by atoms with van der Waals surface area (Å²) in [5.41, 5.74) is 2.42. The van der Waals surface area contributed by atoms with E-state index in [0.717, 1.165) is 15.7 Å². The summed E-state index contributed by atoms with van der Waals surface area (Å²) in [7, 11) is 0. The smallest absolute Gasteiger partial charge is 0.338 e. The van der Waals surface area contributed by atoms with Gasteiger partial charge in [0.05, 0.1) is 33.6 Å². The first kappa shape index (κ1) is 23.2. The molecule has 7 heteroatoms. The van der Waals surface area contributed by atoms with E-state index in [1.165, 1.54) is 12.1 Å². The number of ketones is 1. The number of aryl methyl sites for hydroxylation is 1. The molecule has 4 aromatic carbocycles. The Labute approximate surface area is 217 Å². The molecular weight excluding hydrogens is 480 g/mol. The molecule has 38 heavy (non-hydrogen) atoms. The van der Waals surface area contributed by atoms with Gasteiger partial charge in [0.2, 0.25) is 0 Å². The number of rotatable bonds is 5.